The van der Waals surface area contributed by atoms with Crippen LogP contribution in [0.3, 0.4) is 0 Å². The van der Waals surface area contributed by atoms with Crippen molar-refractivity contribution in [3.63, 3.8) is 0 Å². The van der Waals surface area contributed by atoms with Crippen molar-refractivity contribution in [2.24, 2.45) is 11.8 Å². The number of aliphatic hydroxyl groups is 1. The Hall–Kier alpha value is -4.28. The molecule has 7 atom stereocenters. The third kappa shape index (κ3) is 7.39. The summed E-state index contributed by atoms with van der Waals surface area (Å²) in [7, 11) is 0. The van der Waals surface area contributed by atoms with Crippen molar-refractivity contribution >= 4 is 23.7 Å². The van der Waals surface area contributed by atoms with Crippen molar-refractivity contribution < 1.29 is 33.8 Å². The molecule has 2 aromatic rings. The number of hydrogen-bond donors (Lipinski definition) is 2. The molecule has 0 aromatic heterocycles. The van der Waals surface area contributed by atoms with Crippen LogP contribution < -0.4 is 5.32 Å². The van der Waals surface area contributed by atoms with E-state index in [4.69, 9.17) is 9.47 Å². The van der Waals surface area contributed by atoms with Gasteiger partial charge in [0.1, 0.15) is 17.7 Å². The quantitative estimate of drug-likeness (QED) is 0.193. The van der Waals surface area contributed by atoms with E-state index in [9.17, 15) is 19.5 Å². The van der Waals surface area contributed by atoms with Crippen LogP contribution in [0.25, 0.3) is 0 Å². The van der Waals surface area contributed by atoms with Gasteiger partial charge in [-0.05, 0) is 49.7 Å². The zero-order valence-electron chi connectivity index (χ0n) is 29.4. The molecule has 51 heavy (non-hydrogen) atoms. The molecule has 1 spiro atoms. The molecule has 3 heterocycles. The summed E-state index contributed by atoms with van der Waals surface area (Å²) in [6.45, 7) is 7.65. The largest absolute Gasteiger partial charge is 0.455 e. The molecular weight excluding hydrogens is 646 g/mol. The molecule has 10 nitrogen and oxygen atoms in total. The molecule has 3 aliphatic heterocycles. The number of allylic oxidation sites excluding steroid dienone is 1. The summed E-state index contributed by atoms with van der Waals surface area (Å²) in [5, 5.41) is 13.7. The van der Waals surface area contributed by atoms with Gasteiger partial charge < -0.3 is 29.7 Å². The summed E-state index contributed by atoms with van der Waals surface area (Å²) in [6.07, 6.45) is 8.93. The third-order valence-electron chi connectivity index (χ3n) is 11.3. The molecular formula is C41H51N3O7. The van der Waals surface area contributed by atoms with Gasteiger partial charge in [-0.25, -0.2) is 0 Å². The molecule has 1 saturated carbocycles. The van der Waals surface area contributed by atoms with Crippen molar-refractivity contribution in [3.8, 4) is 0 Å². The first-order valence-corrected chi connectivity index (χ1v) is 18.5. The number of nitrogens with zero attached hydrogens (tertiary/aromatic N) is 2. The third-order valence-corrected chi connectivity index (χ3v) is 11.3. The van der Waals surface area contributed by atoms with Gasteiger partial charge in [-0.2, -0.15) is 0 Å². The first-order chi connectivity index (χ1) is 24.8. The summed E-state index contributed by atoms with van der Waals surface area (Å²) in [6, 6.07) is 17.1. The monoisotopic (exact) mass is 697 g/mol. The average molecular weight is 698 g/mol. The number of fused-ring (bicyclic) bond motifs is 1. The van der Waals surface area contributed by atoms with Crippen molar-refractivity contribution in [1.29, 1.82) is 0 Å². The van der Waals surface area contributed by atoms with Gasteiger partial charge in [-0.15, -0.1) is 13.2 Å². The second-order valence-electron chi connectivity index (χ2n) is 14.4. The Bertz CT molecular complexity index is 1560. The summed E-state index contributed by atoms with van der Waals surface area (Å²) in [5.41, 5.74) is 0.376. The van der Waals surface area contributed by atoms with E-state index >= 15 is 4.79 Å². The SMILES string of the molecule is C=CCCC(=O)NC[C@H](OC(=O)[C@@H]1[C@@H]2CC[C@]3(O2)[C@H](C(=O)N(CC=C)C2CCCCC2)N([C@@H](CO)Cc2ccccc2)C(=O)[C@@H]13)c1ccccc1. The average Bonchev–Trinajstić information content (AvgIpc) is 3.81. The number of benzene rings is 2. The van der Waals surface area contributed by atoms with Gasteiger partial charge in [-0.1, -0.05) is 92.1 Å². The van der Waals surface area contributed by atoms with Crippen LogP contribution in [-0.4, -0.2) is 88.1 Å². The number of nitrogens with one attached hydrogen (secondary N) is 1. The van der Waals surface area contributed by atoms with Crippen molar-refractivity contribution in [3.05, 3.63) is 97.1 Å². The van der Waals surface area contributed by atoms with Crippen LogP contribution >= 0.6 is 0 Å². The predicted molar refractivity (Wildman–Crippen MR) is 192 cm³/mol. The minimum absolute atomic E-state index is 0.00559. The van der Waals surface area contributed by atoms with Crippen molar-refractivity contribution in [1.82, 2.24) is 15.1 Å². The summed E-state index contributed by atoms with van der Waals surface area (Å²) < 4.78 is 12.9. The Morgan fingerprint density at radius 1 is 1.02 bits per heavy atom. The Labute approximate surface area is 300 Å². The molecule has 1 aliphatic carbocycles. The Morgan fingerprint density at radius 3 is 2.39 bits per heavy atom. The Kier molecular flexibility index (Phi) is 11.7. The second kappa shape index (κ2) is 16.4. The number of aliphatic hydroxyl groups excluding tert-OH is 1. The molecule has 4 aliphatic rings. The van der Waals surface area contributed by atoms with Gasteiger partial charge in [0.25, 0.3) is 0 Å². The number of ether oxygens (including phenoxy) is 2. The number of carbonyl (C=O) groups excluding carboxylic acids is 4. The van der Waals surface area contributed by atoms with Crippen LogP contribution in [0.2, 0.25) is 0 Å². The fourth-order valence-corrected chi connectivity index (χ4v) is 8.92. The molecule has 272 valence electrons. The molecule has 0 unspecified atom stereocenters. The number of likely N-dealkylation sites (tertiary alicyclic amines) is 1. The normalized spacial score (nSPS) is 26.6. The van der Waals surface area contributed by atoms with E-state index in [1.54, 1.807) is 17.1 Å². The molecule has 6 rings (SSSR count). The Balaban J connectivity index is 1.33. The molecule has 3 amide bonds. The maximum atomic E-state index is 15.0. The van der Waals surface area contributed by atoms with Gasteiger partial charge in [-0.3, -0.25) is 19.2 Å². The molecule has 2 bridgehead atoms. The van der Waals surface area contributed by atoms with Crippen LogP contribution in [0.15, 0.2) is 86.0 Å². The predicted octanol–water partition coefficient (Wildman–Crippen LogP) is 4.68. The first-order valence-electron chi connectivity index (χ1n) is 18.5. The molecule has 3 saturated heterocycles. The highest BCUT2D eigenvalue weighted by Gasteiger charge is 2.75. The van der Waals surface area contributed by atoms with E-state index in [2.05, 4.69) is 18.5 Å². The zero-order chi connectivity index (χ0) is 36.0. The number of carbonyl (C=O) groups is 4. The lowest BCUT2D eigenvalue weighted by molar-refractivity contribution is -0.161. The van der Waals surface area contributed by atoms with Crippen LogP contribution in [-0.2, 0) is 35.1 Å². The summed E-state index contributed by atoms with van der Waals surface area (Å²) in [4.78, 5) is 60.2. The van der Waals surface area contributed by atoms with E-state index in [0.717, 1.165) is 37.7 Å². The van der Waals surface area contributed by atoms with Crippen LogP contribution in [0.4, 0.5) is 0 Å². The smallest absolute Gasteiger partial charge is 0.313 e. The molecule has 4 fully saturated rings. The van der Waals surface area contributed by atoms with Crippen molar-refractivity contribution in [2.45, 2.75) is 100 Å². The van der Waals surface area contributed by atoms with Crippen molar-refractivity contribution in [2.75, 3.05) is 19.7 Å². The molecule has 0 radical (unpaired) electrons. The van der Waals surface area contributed by atoms with Gasteiger partial charge >= 0.3 is 5.97 Å². The van der Waals surface area contributed by atoms with Gasteiger partial charge in [0, 0.05) is 19.0 Å². The fourth-order valence-electron chi connectivity index (χ4n) is 8.92. The van der Waals surface area contributed by atoms with E-state index < -0.39 is 47.7 Å². The number of rotatable bonds is 16. The highest BCUT2D eigenvalue weighted by Crippen LogP contribution is 2.59. The lowest BCUT2D eigenvalue weighted by atomic mass is 9.70. The highest BCUT2D eigenvalue weighted by atomic mass is 16.6. The maximum Gasteiger partial charge on any atom is 0.313 e. The molecule has 10 heteroatoms. The van der Waals surface area contributed by atoms with E-state index in [1.807, 2.05) is 65.6 Å². The number of hydrogen-bond acceptors (Lipinski definition) is 7. The first kappa shape index (κ1) is 36.5. The maximum absolute atomic E-state index is 15.0. The second-order valence-corrected chi connectivity index (χ2v) is 14.4. The lowest BCUT2D eigenvalue weighted by Gasteiger charge is -2.42. The minimum atomic E-state index is -1.25. The zero-order valence-corrected chi connectivity index (χ0v) is 29.4. The number of esters is 1. The topological polar surface area (TPSA) is 125 Å². The fraction of sp³-hybridized carbons (Fsp3) is 0.512. The van der Waals surface area contributed by atoms with Gasteiger partial charge in [0.15, 0.2) is 0 Å². The highest BCUT2D eigenvalue weighted by molar-refractivity contribution is 5.98. The van der Waals surface area contributed by atoms with Crippen LogP contribution in [0.1, 0.15) is 75.0 Å². The lowest BCUT2D eigenvalue weighted by Crippen LogP contribution is -2.60. The molecule has 2 aromatic carbocycles. The van der Waals surface area contributed by atoms with E-state index in [1.165, 1.54) is 0 Å². The Morgan fingerprint density at radius 2 is 1.73 bits per heavy atom. The minimum Gasteiger partial charge on any atom is -0.455 e. The van der Waals surface area contributed by atoms with Gasteiger partial charge in [0.2, 0.25) is 17.7 Å². The molecule has 2 N–H and O–H groups in total. The van der Waals surface area contributed by atoms with E-state index in [-0.39, 0.29) is 43.3 Å². The van der Waals surface area contributed by atoms with Gasteiger partial charge in [0.05, 0.1) is 37.1 Å². The van der Waals surface area contributed by atoms with Crippen LogP contribution in [0, 0.1) is 11.8 Å². The summed E-state index contributed by atoms with van der Waals surface area (Å²) >= 11 is 0. The van der Waals surface area contributed by atoms with Crippen LogP contribution in [0.5, 0.6) is 0 Å². The van der Waals surface area contributed by atoms with E-state index in [0.29, 0.717) is 37.8 Å². The summed E-state index contributed by atoms with van der Waals surface area (Å²) in [5.74, 6) is -3.29. The standard InChI is InChI=1S/C41H51N3O7/c1-3-5-21-34(46)42-26-33(29-17-11-7-12-18-29)50-40(49)35-32-22-23-41(51-32)36(35)38(47)44(31(27-45)25-28-15-9-6-10-16-28)37(41)39(48)43(24-4-2)30-19-13-8-14-20-30/h3-4,6-7,9-12,15-18,30-33,35-37,45H,1-2,5,8,13-14,19-27H2,(H,42,46)/t31-,32+,33+,35-,36-,37+,41-/m1/s1. The number of amides is 3.